The van der Waals surface area contributed by atoms with E-state index in [9.17, 15) is 31.1 Å². The number of benzene rings is 2. The summed E-state index contributed by atoms with van der Waals surface area (Å²) in [6.07, 6.45) is -7.11. The van der Waals surface area contributed by atoms with Crippen molar-refractivity contribution in [2.45, 2.75) is 18.4 Å². The molecule has 0 aliphatic rings. The third-order valence-electron chi connectivity index (χ3n) is 4.45. The van der Waals surface area contributed by atoms with Gasteiger partial charge in [0.2, 0.25) is 0 Å². The number of hydrogen-bond acceptors (Lipinski definition) is 2. The third-order valence-corrected chi connectivity index (χ3v) is 4.70. The highest BCUT2D eigenvalue weighted by atomic mass is 35.5. The minimum Gasteiger partial charge on any atom is -0.338 e. The fourth-order valence-corrected chi connectivity index (χ4v) is 3.03. The van der Waals surface area contributed by atoms with Gasteiger partial charge < -0.3 is 9.88 Å². The fourth-order valence-electron chi connectivity index (χ4n) is 2.91. The Morgan fingerprint density at radius 1 is 1.00 bits per heavy atom. The normalized spacial score (nSPS) is 13.2. The summed E-state index contributed by atoms with van der Waals surface area (Å²) in [4.78, 5) is 16.9. The highest BCUT2D eigenvalue weighted by Gasteiger charge is 2.37. The first kappa shape index (κ1) is 22.7. The molecule has 0 aliphatic carbocycles. The Morgan fingerprint density at radius 2 is 1.55 bits per heavy atom. The van der Waals surface area contributed by atoms with Crippen LogP contribution in [0.15, 0.2) is 54.9 Å². The smallest absolute Gasteiger partial charge is 0.338 e. The Balaban J connectivity index is 2.04. The van der Waals surface area contributed by atoms with Crippen LogP contribution in [0.25, 0.3) is 0 Å². The van der Waals surface area contributed by atoms with E-state index in [0.29, 0.717) is 28.5 Å². The van der Waals surface area contributed by atoms with E-state index in [1.807, 2.05) is 0 Å². The zero-order valence-corrected chi connectivity index (χ0v) is 16.5. The topological polar surface area (TPSA) is 46.9 Å². The SMILES string of the molecule is Cn1ccnc1C(NC(=O)c1cc(C(F)(F)F)cc(C(F)(F)F)c1)c1ccc(Cl)cc1. The van der Waals surface area contributed by atoms with Crippen LogP contribution in [0.3, 0.4) is 0 Å². The molecule has 0 radical (unpaired) electrons. The molecule has 1 N–H and O–H groups in total. The van der Waals surface area contributed by atoms with Crippen molar-refractivity contribution in [2.24, 2.45) is 7.05 Å². The second-order valence-corrected chi connectivity index (χ2v) is 7.09. The molecule has 3 aromatic rings. The average molecular weight is 462 g/mol. The van der Waals surface area contributed by atoms with E-state index >= 15 is 0 Å². The number of nitrogens with zero attached hydrogens (tertiary/aromatic N) is 2. The highest BCUT2D eigenvalue weighted by Crippen LogP contribution is 2.36. The van der Waals surface area contributed by atoms with E-state index in [1.165, 1.54) is 18.3 Å². The first-order valence-corrected chi connectivity index (χ1v) is 9.07. The van der Waals surface area contributed by atoms with E-state index in [4.69, 9.17) is 11.6 Å². The Labute approximate surface area is 177 Å². The summed E-state index contributed by atoms with van der Waals surface area (Å²) < 4.78 is 80.3. The first-order valence-electron chi connectivity index (χ1n) is 8.69. The lowest BCUT2D eigenvalue weighted by atomic mass is 10.0. The van der Waals surface area contributed by atoms with Gasteiger partial charge >= 0.3 is 12.4 Å². The molecule has 0 saturated carbocycles. The molecule has 2 aromatic carbocycles. The lowest BCUT2D eigenvalue weighted by molar-refractivity contribution is -0.143. The van der Waals surface area contributed by atoms with Crippen LogP contribution in [-0.4, -0.2) is 15.5 Å². The first-order chi connectivity index (χ1) is 14.4. The zero-order valence-electron chi connectivity index (χ0n) is 15.7. The molecule has 0 aliphatic heterocycles. The molecule has 1 atom stereocenters. The summed E-state index contributed by atoms with van der Waals surface area (Å²) >= 11 is 5.87. The van der Waals surface area contributed by atoms with Gasteiger partial charge in [-0.05, 0) is 35.9 Å². The number of alkyl halides is 6. The van der Waals surface area contributed by atoms with Crippen molar-refractivity contribution < 1.29 is 31.1 Å². The lowest BCUT2D eigenvalue weighted by Crippen LogP contribution is -2.31. The van der Waals surface area contributed by atoms with Crippen LogP contribution in [-0.2, 0) is 19.4 Å². The molecule has 11 heteroatoms. The Hall–Kier alpha value is -3.01. The molecule has 4 nitrogen and oxygen atoms in total. The predicted molar refractivity (Wildman–Crippen MR) is 100 cm³/mol. The number of carbonyl (C=O) groups excluding carboxylic acids is 1. The largest absolute Gasteiger partial charge is 0.416 e. The minimum absolute atomic E-state index is 0.0355. The van der Waals surface area contributed by atoms with Crippen LogP contribution < -0.4 is 5.32 Å². The molecule has 1 unspecified atom stereocenters. The lowest BCUT2D eigenvalue weighted by Gasteiger charge is -2.20. The van der Waals surface area contributed by atoms with Crippen LogP contribution in [0.5, 0.6) is 0 Å². The van der Waals surface area contributed by atoms with E-state index in [2.05, 4.69) is 10.3 Å². The summed E-state index contributed by atoms with van der Waals surface area (Å²) in [5, 5.41) is 2.87. The molecule has 0 fully saturated rings. The minimum atomic E-state index is -5.06. The van der Waals surface area contributed by atoms with Crippen LogP contribution in [0.4, 0.5) is 26.3 Å². The van der Waals surface area contributed by atoms with Crippen molar-refractivity contribution in [1.82, 2.24) is 14.9 Å². The van der Waals surface area contributed by atoms with E-state index < -0.39 is 41.0 Å². The number of nitrogens with one attached hydrogen (secondary N) is 1. The molecular weight excluding hydrogens is 448 g/mol. The van der Waals surface area contributed by atoms with Gasteiger partial charge in [-0.15, -0.1) is 0 Å². The van der Waals surface area contributed by atoms with Gasteiger partial charge in [0.05, 0.1) is 11.1 Å². The number of imidazole rings is 1. The number of aromatic nitrogens is 2. The molecule has 0 bridgehead atoms. The van der Waals surface area contributed by atoms with Crippen molar-refractivity contribution in [3.05, 3.63) is 88.0 Å². The van der Waals surface area contributed by atoms with Crippen LogP contribution in [0.1, 0.15) is 38.9 Å². The maximum Gasteiger partial charge on any atom is 0.416 e. The monoisotopic (exact) mass is 461 g/mol. The second-order valence-electron chi connectivity index (χ2n) is 6.65. The molecular formula is C20H14ClF6N3O. The molecule has 1 heterocycles. The van der Waals surface area contributed by atoms with Crippen molar-refractivity contribution in [3.63, 3.8) is 0 Å². The number of hydrogen-bond donors (Lipinski definition) is 1. The molecule has 31 heavy (non-hydrogen) atoms. The molecule has 0 saturated heterocycles. The zero-order chi connectivity index (χ0) is 23.0. The number of carbonyl (C=O) groups is 1. The van der Waals surface area contributed by atoms with Gasteiger partial charge in [-0.25, -0.2) is 4.98 Å². The van der Waals surface area contributed by atoms with Crippen LogP contribution in [0.2, 0.25) is 5.02 Å². The predicted octanol–water partition coefficient (Wildman–Crippen LogP) is 5.63. The molecule has 0 spiro atoms. The molecule has 3 rings (SSSR count). The van der Waals surface area contributed by atoms with Gasteiger partial charge in [0.25, 0.3) is 5.91 Å². The van der Waals surface area contributed by atoms with Crippen molar-refractivity contribution >= 4 is 17.5 Å². The maximum atomic E-state index is 13.1. The Bertz CT molecular complexity index is 1060. The van der Waals surface area contributed by atoms with E-state index in [-0.39, 0.29) is 6.07 Å². The third kappa shape index (κ3) is 5.19. The standard InChI is InChI=1S/C20H14ClF6N3O/c1-30-7-6-28-17(30)16(11-2-4-15(21)5-3-11)29-18(31)12-8-13(19(22,23)24)10-14(9-12)20(25,26)27/h2-10,16H,1H3,(H,29,31). The van der Waals surface area contributed by atoms with Crippen LogP contribution in [0, 0.1) is 0 Å². The van der Waals surface area contributed by atoms with Gasteiger partial charge in [0.1, 0.15) is 11.9 Å². The van der Waals surface area contributed by atoms with Gasteiger partial charge in [0, 0.05) is 30.0 Å². The molecule has 164 valence electrons. The van der Waals surface area contributed by atoms with Crippen molar-refractivity contribution in [3.8, 4) is 0 Å². The summed E-state index contributed by atoms with van der Waals surface area (Å²) in [6.45, 7) is 0. The summed E-state index contributed by atoms with van der Waals surface area (Å²) in [5.41, 5.74) is -3.45. The van der Waals surface area contributed by atoms with Gasteiger partial charge in [-0.2, -0.15) is 26.3 Å². The Morgan fingerprint density at radius 3 is 2.00 bits per heavy atom. The number of halogens is 7. The number of amides is 1. The van der Waals surface area contributed by atoms with Crippen molar-refractivity contribution in [2.75, 3.05) is 0 Å². The second kappa shape index (κ2) is 8.26. The van der Waals surface area contributed by atoms with E-state index in [1.54, 1.807) is 29.9 Å². The van der Waals surface area contributed by atoms with Gasteiger partial charge in [-0.1, -0.05) is 23.7 Å². The number of aryl methyl sites for hydroxylation is 1. The maximum absolute atomic E-state index is 13.1. The fraction of sp³-hybridized carbons (Fsp3) is 0.200. The quantitative estimate of drug-likeness (QED) is 0.512. The Kier molecular flexibility index (Phi) is 6.04. The molecule has 1 aromatic heterocycles. The average Bonchev–Trinajstić information content (AvgIpc) is 3.10. The van der Waals surface area contributed by atoms with Crippen molar-refractivity contribution in [1.29, 1.82) is 0 Å². The number of rotatable bonds is 4. The van der Waals surface area contributed by atoms with Gasteiger partial charge in [0.15, 0.2) is 0 Å². The highest BCUT2D eigenvalue weighted by molar-refractivity contribution is 6.30. The van der Waals surface area contributed by atoms with E-state index in [0.717, 1.165) is 0 Å². The molecule has 1 amide bonds. The summed E-state index contributed by atoms with van der Waals surface area (Å²) in [6, 6.07) is 5.96. The summed E-state index contributed by atoms with van der Waals surface area (Å²) in [5.74, 6) is -0.807. The van der Waals surface area contributed by atoms with Crippen LogP contribution >= 0.6 is 11.6 Å². The summed E-state index contributed by atoms with van der Waals surface area (Å²) in [7, 11) is 1.63. The van der Waals surface area contributed by atoms with Gasteiger partial charge in [-0.3, -0.25) is 4.79 Å².